The third-order valence-corrected chi connectivity index (χ3v) is 5.62. The summed E-state index contributed by atoms with van der Waals surface area (Å²) >= 11 is 12.9. The van der Waals surface area contributed by atoms with Crippen molar-refractivity contribution in [1.82, 2.24) is 0 Å². The first-order chi connectivity index (χ1) is 5.54. The zero-order valence-corrected chi connectivity index (χ0v) is 12.5. The molecule has 4 unspecified atom stereocenters. The molecule has 0 aromatic rings. The van der Waals surface area contributed by atoms with Crippen molar-refractivity contribution in [3.05, 3.63) is 0 Å². The van der Waals surface area contributed by atoms with Gasteiger partial charge >= 0.3 is 0 Å². The van der Waals surface area contributed by atoms with E-state index < -0.39 is 12.2 Å². The highest BCUT2D eigenvalue weighted by Gasteiger charge is 2.28. The average Bonchev–Trinajstić information content (AvgIpc) is 2.12. The minimum Gasteiger partial charge on any atom is -0.391 e. The Balaban J connectivity index is 3.99. The Hall–Kier alpha value is 1.84. The van der Waals surface area contributed by atoms with Crippen molar-refractivity contribution >= 4 is 63.7 Å². The molecule has 0 spiro atoms. The van der Waals surface area contributed by atoms with Crippen LogP contribution in [0.5, 0.6) is 0 Å². The van der Waals surface area contributed by atoms with Crippen molar-refractivity contribution in [2.24, 2.45) is 0 Å². The summed E-state index contributed by atoms with van der Waals surface area (Å²) in [6.45, 7) is 0. The van der Waals surface area contributed by atoms with Gasteiger partial charge in [-0.1, -0.05) is 63.7 Å². The summed E-state index contributed by atoms with van der Waals surface area (Å²) in [5.74, 6) is 0. The number of hydrogen-bond acceptors (Lipinski definition) is 2. The summed E-state index contributed by atoms with van der Waals surface area (Å²) in [4.78, 5) is -0.380. The molecule has 0 amide bonds. The summed E-state index contributed by atoms with van der Waals surface area (Å²) in [7, 11) is 0. The maximum atomic E-state index is 9.58. The Morgan fingerprint density at radius 1 is 1.00 bits per heavy atom. The van der Waals surface area contributed by atoms with Gasteiger partial charge in [0.15, 0.2) is 0 Å². The van der Waals surface area contributed by atoms with Crippen molar-refractivity contribution < 1.29 is 10.2 Å². The second-order valence-corrected chi connectivity index (χ2v) is 5.86. The fourth-order valence-corrected chi connectivity index (χ4v) is 3.18. The fourth-order valence-electron chi connectivity index (χ4n) is 0.603. The molecular formula is C6H10Br4O2. The van der Waals surface area contributed by atoms with Crippen molar-refractivity contribution in [3.8, 4) is 0 Å². The molecule has 0 bridgehead atoms. The maximum Gasteiger partial charge on any atom is 0.0823 e. The zero-order valence-electron chi connectivity index (χ0n) is 6.13. The highest BCUT2D eigenvalue weighted by Crippen LogP contribution is 2.20. The molecule has 2 nitrogen and oxygen atoms in total. The topological polar surface area (TPSA) is 40.5 Å². The van der Waals surface area contributed by atoms with E-state index in [2.05, 4.69) is 63.7 Å². The predicted molar refractivity (Wildman–Crippen MR) is 65.0 cm³/mol. The Bertz CT molecular complexity index is 110. The van der Waals surface area contributed by atoms with Gasteiger partial charge in [-0.15, -0.1) is 0 Å². The van der Waals surface area contributed by atoms with Crippen LogP contribution in [0.25, 0.3) is 0 Å². The summed E-state index contributed by atoms with van der Waals surface area (Å²) in [5, 5.41) is 20.0. The molecule has 0 radical (unpaired) electrons. The van der Waals surface area contributed by atoms with Crippen LogP contribution >= 0.6 is 63.7 Å². The molecule has 0 saturated carbocycles. The molecular weight excluding hydrogens is 424 g/mol. The lowest BCUT2D eigenvalue weighted by molar-refractivity contribution is 0.107. The van der Waals surface area contributed by atoms with E-state index in [-0.39, 0.29) is 9.65 Å². The van der Waals surface area contributed by atoms with E-state index in [1.165, 1.54) is 0 Å². The number of halogens is 4. The summed E-state index contributed by atoms with van der Waals surface area (Å²) in [5.41, 5.74) is 0. The minimum absolute atomic E-state index is 0.0597. The van der Waals surface area contributed by atoms with Crippen LogP contribution in [0, 0.1) is 0 Å². The van der Waals surface area contributed by atoms with Gasteiger partial charge in [0, 0.05) is 10.7 Å². The highest BCUT2D eigenvalue weighted by molar-refractivity contribution is 9.12. The molecule has 0 saturated heterocycles. The summed E-state index contributed by atoms with van der Waals surface area (Å²) in [6, 6.07) is 0. The monoisotopic (exact) mass is 430 g/mol. The second-order valence-electron chi connectivity index (χ2n) is 2.33. The molecule has 0 aromatic carbocycles. The van der Waals surface area contributed by atoms with Gasteiger partial charge in [-0.3, -0.25) is 0 Å². The normalized spacial score (nSPS) is 21.5. The largest absolute Gasteiger partial charge is 0.391 e. The van der Waals surface area contributed by atoms with Gasteiger partial charge in [-0.25, -0.2) is 0 Å². The van der Waals surface area contributed by atoms with E-state index in [4.69, 9.17) is 0 Å². The van der Waals surface area contributed by atoms with Gasteiger partial charge in [-0.2, -0.15) is 0 Å². The molecule has 0 aliphatic carbocycles. The van der Waals surface area contributed by atoms with E-state index in [0.717, 1.165) is 0 Å². The van der Waals surface area contributed by atoms with E-state index in [1.807, 2.05) is 0 Å². The number of rotatable bonds is 5. The molecule has 0 aromatic heterocycles. The number of hydrogen-bond donors (Lipinski definition) is 2. The molecule has 2 N–H and O–H groups in total. The Morgan fingerprint density at radius 2 is 1.50 bits per heavy atom. The first-order valence-electron chi connectivity index (χ1n) is 3.30. The third-order valence-electron chi connectivity index (χ3n) is 1.37. The Morgan fingerprint density at radius 3 is 1.83 bits per heavy atom. The van der Waals surface area contributed by atoms with Crippen LogP contribution in [-0.2, 0) is 0 Å². The van der Waals surface area contributed by atoms with Crippen LogP contribution in [0.4, 0.5) is 0 Å². The lowest BCUT2D eigenvalue weighted by Crippen LogP contribution is -2.39. The Kier molecular flexibility index (Phi) is 8.27. The predicted octanol–water partition coefficient (Wildman–Crippen LogP) is 2.02. The van der Waals surface area contributed by atoms with E-state index in [1.54, 1.807) is 0 Å². The van der Waals surface area contributed by atoms with Crippen molar-refractivity contribution in [1.29, 1.82) is 0 Å². The number of alkyl halides is 4. The van der Waals surface area contributed by atoms with Crippen molar-refractivity contribution in [2.75, 3.05) is 10.7 Å². The highest BCUT2D eigenvalue weighted by atomic mass is 79.9. The van der Waals surface area contributed by atoms with E-state index in [9.17, 15) is 10.2 Å². The number of aliphatic hydroxyl groups is 2. The molecule has 12 heavy (non-hydrogen) atoms. The van der Waals surface area contributed by atoms with Gasteiger partial charge in [0.2, 0.25) is 0 Å². The van der Waals surface area contributed by atoms with Crippen LogP contribution in [0.2, 0.25) is 0 Å². The van der Waals surface area contributed by atoms with Crippen LogP contribution in [0.15, 0.2) is 0 Å². The SMILES string of the molecule is OC(CBr)C(Br)C(O)C(Br)CBr. The van der Waals surface area contributed by atoms with Gasteiger partial charge in [0.25, 0.3) is 0 Å². The lowest BCUT2D eigenvalue weighted by Gasteiger charge is -2.23. The van der Waals surface area contributed by atoms with Crippen molar-refractivity contribution in [3.63, 3.8) is 0 Å². The molecule has 0 rings (SSSR count). The van der Waals surface area contributed by atoms with Crippen LogP contribution < -0.4 is 0 Å². The fraction of sp³-hybridized carbons (Fsp3) is 1.00. The van der Waals surface area contributed by atoms with Crippen LogP contribution in [0.1, 0.15) is 0 Å². The smallest absolute Gasteiger partial charge is 0.0823 e. The first kappa shape index (κ1) is 13.8. The van der Waals surface area contributed by atoms with Crippen LogP contribution in [0.3, 0.4) is 0 Å². The average molecular weight is 434 g/mol. The van der Waals surface area contributed by atoms with Gasteiger partial charge in [0.1, 0.15) is 0 Å². The second kappa shape index (κ2) is 7.17. The summed E-state index contributed by atoms with van der Waals surface area (Å²) < 4.78 is 0. The van der Waals surface area contributed by atoms with E-state index in [0.29, 0.717) is 10.7 Å². The molecule has 4 atom stereocenters. The quantitative estimate of drug-likeness (QED) is 0.651. The maximum absolute atomic E-state index is 9.58. The lowest BCUT2D eigenvalue weighted by atomic mass is 10.1. The summed E-state index contributed by atoms with van der Waals surface area (Å²) in [6.07, 6.45) is -1.20. The van der Waals surface area contributed by atoms with Gasteiger partial charge in [-0.05, 0) is 0 Å². The number of aliphatic hydroxyl groups excluding tert-OH is 2. The van der Waals surface area contributed by atoms with Gasteiger partial charge < -0.3 is 10.2 Å². The van der Waals surface area contributed by atoms with Crippen molar-refractivity contribution in [2.45, 2.75) is 21.9 Å². The molecule has 74 valence electrons. The Labute approximate surface area is 106 Å². The third kappa shape index (κ3) is 4.37. The molecule has 0 aliphatic heterocycles. The first-order valence-corrected chi connectivity index (χ1v) is 7.38. The standard InChI is InChI=1S/C6H10Br4O2/c7-1-3(9)6(12)5(10)4(11)2-8/h3-6,11-12H,1-2H2. The van der Waals surface area contributed by atoms with Crippen LogP contribution in [-0.4, -0.2) is 42.7 Å². The van der Waals surface area contributed by atoms with E-state index >= 15 is 0 Å². The van der Waals surface area contributed by atoms with Gasteiger partial charge in [0.05, 0.1) is 21.9 Å². The molecule has 0 heterocycles. The molecule has 0 aliphatic rings. The zero-order chi connectivity index (χ0) is 9.72. The molecule has 0 fully saturated rings. The minimum atomic E-state index is -0.614. The molecule has 6 heteroatoms.